The van der Waals surface area contributed by atoms with Crippen LogP contribution in [0.15, 0.2) is 33.5 Å². The minimum Gasteiger partial charge on any atom is -0.280 e. The van der Waals surface area contributed by atoms with Crippen LogP contribution in [0, 0.1) is 27.7 Å². The number of sulfonamides is 1. The summed E-state index contributed by atoms with van der Waals surface area (Å²) < 4.78 is 54.1. The average molecular weight is 453 g/mol. The molecule has 0 spiro atoms. The van der Waals surface area contributed by atoms with Crippen LogP contribution in [-0.2, 0) is 19.9 Å². The van der Waals surface area contributed by atoms with Gasteiger partial charge in [-0.15, -0.1) is 11.3 Å². The maximum absolute atomic E-state index is 13.1. The van der Waals surface area contributed by atoms with Gasteiger partial charge in [0.2, 0.25) is 14.2 Å². The first-order chi connectivity index (χ1) is 13.5. The molecule has 0 saturated carbocycles. The molecular formula is C20H24N2O4S3. The van der Waals surface area contributed by atoms with Crippen molar-refractivity contribution < 1.29 is 16.8 Å². The largest absolute Gasteiger partial charge is 0.280 e. The number of fused-ring (bicyclic) bond motifs is 1. The number of sulfone groups is 1. The molecule has 2 aromatic carbocycles. The molecule has 0 unspecified atom stereocenters. The Bertz CT molecular complexity index is 1280. The monoisotopic (exact) mass is 452 g/mol. The van der Waals surface area contributed by atoms with Crippen LogP contribution in [0.2, 0.25) is 0 Å². The van der Waals surface area contributed by atoms with Crippen molar-refractivity contribution in [3.8, 4) is 0 Å². The molecule has 0 aliphatic heterocycles. The number of aromatic nitrogens is 1. The predicted octanol–water partition coefficient (Wildman–Crippen LogP) is 4.51. The molecule has 1 heterocycles. The van der Waals surface area contributed by atoms with Gasteiger partial charge < -0.3 is 0 Å². The van der Waals surface area contributed by atoms with E-state index in [4.69, 9.17) is 0 Å². The van der Waals surface area contributed by atoms with E-state index in [-0.39, 0.29) is 15.0 Å². The van der Waals surface area contributed by atoms with Gasteiger partial charge in [0.05, 0.1) is 26.6 Å². The van der Waals surface area contributed by atoms with Crippen molar-refractivity contribution in [2.24, 2.45) is 0 Å². The van der Waals surface area contributed by atoms with Crippen LogP contribution < -0.4 is 4.72 Å². The Morgan fingerprint density at radius 1 is 0.966 bits per heavy atom. The molecule has 0 atom stereocenters. The zero-order valence-corrected chi connectivity index (χ0v) is 19.5. The maximum Gasteiger partial charge on any atom is 0.262 e. The van der Waals surface area contributed by atoms with Gasteiger partial charge in [0.15, 0.2) is 0 Å². The quantitative estimate of drug-likeness (QED) is 0.594. The van der Waals surface area contributed by atoms with Gasteiger partial charge >= 0.3 is 0 Å². The molecule has 6 nitrogen and oxygen atoms in total. The topological polar surface area (TPSA) is 93.2 Å². The SMILES string of the molecule is CCCS(=O)(=O)c1nc2ccc(NS(=O)(=O)c3c(C)c(C)cc(C)c3C)cc2s1. The number of thiazole rings is 1. The standard InChI is InChI=1S/C20H24N2O4S3/c1-6-9-28(23,24)20-21-17-8-7-16(11-18(17)27-20)22-29(25,26)19-14(4)12(2)10-13(3)15(19)5/h7-8,10-11,22H,6,9H2,1-5H3. The molecule has 1 N–H and O–H groups in total. The van der Waals surface area contributed by atoms with Gasteiger partial charge in [0.25, 0.3) is 10.0 Å². The van der Waals surface area contributed by atoms with E-state index in [0.29, 0.717) is 33.5 Å². The van der Waals surface area contributed by atoms with Crippen molar-refractivity contribution >= 4 is 47.1 Å². The van der Waals surface area contributed by atoms with Crippen molar-refractivity contribution in [2.75, 3.05) is 10.5 Å². The predicted molar refractivity (Wildman–Crippen MR) is 118 cm³/mol. The Kier molecular flexibility index (Phi) is 5.77. The molecule has 3 rings (SSSR count). The number of benzene rings is 2. The lowest BCUT2D eigenvalue weighted by Crippen LogP contribution is -2.17. The highest BCUT2D eigenvalue weighted by atomic mass is 32.2. The van der Waals surface area contributed by atoms with Crippen LogP contribution in [0.5, 0.6) is 0 Å². The molecule has 156 valence electrons. The summed E-state index contributed by atoms with van der Waals surface area (Å²) in [6, 6.07) is 6.84. The van der Waals surface area contributed by atoms with Crippen molar-refractivity contribution in [2.45, 2.75) is 50.3 Å². The van der Waals surface area contributed by atoms with E-state index in [1.54, 1.807) is 39.0 Å². The Morgan fingerprint density at radius 3 is 2.17 bits per heavy atom. The van der Waals surface area contributed by atoms with Gasteiger partial charge in [-0.1, -0.05) is 13.0 Å². The zero-order valence-electron chi connectivity index (χ0n) is 17.0. The van der Waals surface area contributed by atoms with Crippen molar-refractivity contribution in [1.82, 2.24) is 4.98 Å². The van der Waals surface area contributed by atoms with E-state index in [9.17, 15) is 16.8 Å². The van der Waals surface area contributed by atoms with Crippen LogP contribution in [0.3, 0.4) is 0 Å². The number of nitrogens with zero attached hydrogens (tertiary/aromatic N) is 1. The van der Waals surface area contributed by atoms with E-state index < -0.39 is 19.9 Å². The Balaban J connectivity index is 2.03. The molecule has 3 aromatic rings. The number of hydrogen-bond acceptors (Lipinski definition) is 6. The lowest BCUT2D eigenvalue weighted by atomic mass is 10.0. The Labute approximate surface area is 176 Å². The summed E-state index contributed by atoms with van der Waals surface area (Å²) in [5.41, 5.74) is 4.17. The first-order valence-corrected chi connectivity index (χ1v) is 13.1. The summed E-state index contributed by atoms with van der Waals surface area (Å²) in [5.74, 6) is 0.0393. The number of nitrogens with one attached hydrogen (secondary N) is 1. The van der Waals surface area contributed by atoms with Crippen LogP contribution >= 0.6 is 11.3 Å². The van der Waals surface area contributed by atoms with Gasteiger partial charge in [-0.25, -0.2) is 21.8 Å². The first kappa shape index (κ1) is 21.7. The minimum atomic E-state index is -3.80. The molecule has 0 aliphatic carbocycles. The fraction of sp³-hybridized carbons (Fsp3) is 0.350. The van der Waals surface area contributed by atoms with Crippen molar-refractivity contribution in [3.05, 3.63) is 46.5 Å². The summed E-state index contributed by atoms with van der Waals surface area (Å²) >= 11 is 1.06. The number of anilines is 1. The van der Waals surface area contributed by atoms with Crippen LogP contribution in [-0.4, -0.2) is 27.6 Å². The Hall–Kier alpha value is -1.97. The fourth-order valence-electron chi connectivity index (χ4n) is 3.25. The van der Waals surface area contributed by atoms with Crippen LogP contribution in [0.1, 0.15) is 35.6 Å². The second-order valence-corrected chi connectivity index (χ2v) is 12.1. The smallest absolute Gasteiger partial charge is 0.262 e. The molecule has 0 aliphatic rings. The summed E-state index contributed by atoms with van der Waals surface area (Å²) in [4.78, 5) is 4.49. The number of hydrogen-bond donors (Lipinski definition) is 1. The Morgan fingerprint density at radius 2 is 1.59 bits per heavy atom. The molecule has 0 radical (unpaired) electrons. The fourth-order valence-corrected chi connectivity index (χ4v) is 7.63. The highest BCUT2D eigenvalue weighted by Gasteiger charge is 2.23. The average Bonchev–Trinajstić information content (AvgIpc) is 3.04. The molecule has 0 fully saturated rings. The number of aryl methyl sites for hydroxylation is 2. The van der Waals surface area contributed by atoms with E-state index in [2.05, 4.69) is 9.71 Å². The molecule has 9 heteroatoms. The lowest BCUT2D eigenvalue weighted by molar-refractivity contribution is 0.593. The molecule has 0 amide bonds. The normalized spacial score (nSPS) is 12.4. The minimum absolute atomic E-state index is 0.0393. The summed E-state index contributed by atoms with van der Waals surface area (Å²) in [7, 11) is -7.22. The lowest BCUT2D eigenvalue weighted by Gasteiger charge is -2.16. The van der Waals surface area contributed by atoms with E-state index in [1.807, 2.05) is 19.9 Å². The highest BCUT2D eigenvalue weighted by Crippen LogP contribution is 2.31. The third-order valence-electron chi connectivity index (χ3n) is 4.93. The third kappa shape index (κ3) is 4.17. The number of rotatable bonds is 6. The van der Waals surface area contributed by atoms with E-state index >= 15 is 0 Å². The van der Waals surface area contributed by atoms with Crippen LogP contribution in [0.4, 0.5) is 5.69 Å². The summed E-state index contributed by atoms with van der Waals surface area (Å²) in [5, 5.41) is 0. The molecule has 0 bridgehead atoms. The first-order valence-electron chi connectivity index (χ1n) is 9.20. The van der Waals surface area contributed by atoms with Crippen molar-refractivity contribution in [3.63, 3.8) is 0 Å². The molecule has 1 aromatic heterocycles. The van der Waals surface area contributed by atoms with Gasteiger partial charge in [0.1, 0.15) is 0 Å². The second-order valence-electron chi connectivity index (χ2n) is 7.18. The van der Waals surface area contributed by atoms with Gasteiger partial charge in [-0.3, -0.25) is 4.72 Å². The molecular weight excluding hydrogens is 428 g/mol. The summed E-state index contributed by atoms with van der Waals surface area (Å²) in [6.07, 6.45) is 0.512. The van der Waals surface area contributed by atoms with Gasteiger partial charge in [0, 0.05) is 0 Å². The zero-order chi connectivity index (χ0) is 21.6. The van der Waals surface area contributed by atoms with Gasteiger partial charge in [-0.05, 0) is 74.6 Å². The second kappa shape index (κ2) is 7.70. The van der Waals surface area contributed by atoms with Crippen molar-refractivity contribution in [1.29, 1.82) is 0 Å². The summed E-state index contributed by atoms with van der Waals surface area (Å²) in [6.45, 7) is 9.18. The van der Waals surface area contributed by atoms with E-state index in [0.717, 1.165) is 22.5 Å². The maximum atomic E-state index is 13.1. The molecule has 29 heavy (non-hydrogen) atoms. The van der Waals surface area contributed by atoms with Gasteiger partial charge in [-0.2, -0.15) is 0 Å². The van der Waals surface area contributed by atoms with E-state index in [1.165, 1.54) is 0 Å². The molecule has 0 saturated heterocycles. The third-order valence-corrected chi connectivity index (χ3v) is 9.97. The highest BCUT2D eigenvalue weighted by molar-refractivity contribution is 7.93. The van der Waals surface area contributed by atoms with Crippen LogP contribution in [0.25, 0.3) is 10.2 Å².